The zero-order chi connectivity index (χ0) is 12.6. The molecule has 0 aromatic carbocycles. The molecule has 0 aliphatic rings. The first kappa shape index (κ1) is 14.9. The van der Waals surface area contributed by atoms with Crippen molar-refractivity contribution < 1.29 is 19.8 Å². The monoisotopic (exact) mass is 232 g/mol. The van der Waals surface area contributed by atoms with Gasteiger partial charge in [-0.25, -0.2) is 0 Å². The van der Waals surface area contributed by atoms with Gasteiger partial charge in [-0.05, 0) is 26.7 Å². The van der Waals surface area contributed by atoms with Crippen LogP contribution < -0.4 is 10.6 Å². The number of aliphatic hydroxyl groups is 2. The summed E-state index contributed by atoms with van der Waals surface area (Å²) in [5.41, 5.74) is 0. The van der Waals surface area contributed by atoms with Crippen molar-refractivity contribution >= 4 is 11.8 Å². The van der Waals surface area contributed by atoms with Crippen molar-refractivity contribution in [3.05, 3.63) is 0 Å². The number of carbonyl (C=O) groups excluding carboxylic acids is 2. The molecular formula is C10H20N2O4. The van der Waals surface area contributed by atoms with Crippen molar-refractivity contribution in [3.63, 3.8) is 0 Å². The van der Waals surface area contributed by atoms with E-state index in [0.717, 1.165) is 0 Å². The van der Waals surface area contributed by atoms with Crippen LogP contribution in [0.2, 0.25) is 0 Å². The molecule has 0 radical (unpaired) electrons. The minimum absolute atomic E-state index is 0.0377. The van der Waals surface area contributed by atoms with Gasteiger partial charge in [-0.15, -0.1) is 0 Å². The summed E-state index contributed by atoms with van der Waals surface area (Å²) >= 11 is 0. The van der Waals surface area contributed by atoms with Gasteiger partial charge >= 0.3 is 11.8 Å². The van der Waals surface area contributed by atoms with Crippen LogP contribution in [-0.4, -0.2) is 47.3 Å². The Hall–Kier alpha value is -1.14. The van der Waals surface area contributed by atoms with Gasteiger partial charge in [0.15, 0.2) is 0 Å². The van der Waals surface area contributed by atoms with Crippen LogP contribution in [0.4, 0.5) is 0 Å². The lowest BCUT2D eigenvalue weighted by Crippen LogP contribution is -2.46. The molecule has 16 heavy (non-hydrogen) atoms. The number of amides is 2. The molecule has 0 aliphatic heterocycles. The Morgan fingerprint density at radius 3 is 1.50 bits per heavy atom. The largest absolute Gasteiger partial charge is 0.396 e. The van der Waals surface area contributed by atoms with Crippen molar-refractivity contribution in [2.75, 3.05) is 13.2 Å². The van der Waals surface area contributed by atoms with Crippen molar-refractivity contribution in [1.82, 2.24) is 10.6 Å². The third kappa shape index (κ3) is 6.36. The van der Waals surface area contributed by atoms with Crippen LogP contribution in [0.1, 0.15) is 26.7 Å². The van der Waals surface area contributed by atoms with Gasteiger partial charge in [-0.3, -0.25) is 9.59 Å². The molecule has 94 valence electrons. The number of aliphatic hydroxyl groups excluding tert-OH is 2. The molecule has 0 bridgehead atoms. The first-order valence-corrected chi connectivity index (χ1v) is 5.34. The van der Waals surface area contributed by atoms with Gasteiger partial charge in [-0.1, -0.05) is 0 Å². The Labute approximate surface area is 95.0 Å². The summed E-state index contributed by atoms with van der Waals surface area (Å²) in [6.45, 7) is 3.34. The molecule has 6 nitrogen and oxygen atoms in total. The fourth-order valence-electron chi connectivity index (χ4n) is 1.11. The highest BCUT2D eigenvalue weighted by atomic mass is 16.3. The van der Waals surface area contributed by atoms with Crippen molar-refractivity contribution in [2.45, 2.75) is 38.8 Å². The predicted molar refractivity (Wildman–Crippen MR) is 58.6 cm³/mol. The average molecular weight is 232 g/mol. The maximum Gasteiger partial charge on any atom is 0.309 e. The average Bonchev–Trinajstić information content (AvgIpc) is 2.17. The topological polar surface area (TPSA) is 98.7 Å². The summed E-state index contributed by atoms with van der Waals surface area (Å²) in [6.07, 6.45) is 0.816. The van der Waals surface area contributed by atoms with E-state index in [1.807, 2.05) is 0 Å². The summed E-state index contributed by atoms with van der Waals surface area (Å²) < 4.78 is 0. The maximum atomic E-state index is 11.3. The van der Waals surface area contributed by atoms with Crippen molar-refractivity contribution in [2.24, 2.45) is 0 Å². The quantitative estimate of drug-likeness (QED) is 0.430. The zero-order valence-electron chi connectivity index (χ0n) is 9.69. The molecular weight excluding hydrogens is 212 g/mol. The molecule has 0 aromatic rings. The minimum atomic E-state index is -0.717. The van der Waals surface area contributed by atoms with Gasteiger partial charge in [0.2, 0.25) is 0 Å². The summed E-state index contributed by atoms with van der Waals surface area (Å²) in [5.74, 6) is -1.43. The molecule has 0 heterocycles. The zero-order valence-corrected chi connectivity index (χ0v) is 9.69. The van der Waals surface area contributed by atoms with Crippen molar-refractivity contribution in [3.8, 4) is 0 Å². The fraction of sp³-hybridized carbons (Fsp3) is 0.800. The summed E-state index contributed by atoms with van der Waals surface area (Å²) in [6, 6.07) is -0.479. The molecule has 2 unspecified atom stereocenters. The van der Waals surface area contributed by atoms with Crippen LogP contribution >= 0.6 is 0 Å². The second-order valence-corrected chi connectivity index (χ2v) is 3.77. The van der Waals surface area contributed by atoms with E-state index in [1.165, 1.54) is 0 Å². The predicted octanol–water partition coefficient (Wildman–Crippen LogP) is -1.24. The van der Waals surface area contributed by atoms with E-state index in [9.17, 15) is 9.59 Å². The molecule has 0 fully saturated rings. The van der Waals surface area contributed by atoms with Gasteiger partial charge in [0, 0.05) is 25.3 Å². The Kier molecular flexibility index (Phi) is 7.49. The Morgan fingerprint density at radius 2 is 1.25 bits per heavy atom. The third-order valence-electron chi connectivity index (χ3n) is 2.09. The summed E-state index contributed by atoms with van der Waals surface area (Å²) in [5, 5.41) is 22.2. The van der Waals surface area contributed by atoms with E-state index >= 15 is 0 Å². The molecule has 0 saturated heterocycles. The molecule has 2 atom stereocenters. The first-order valence-electron chi connectivity index (χ1n) is 5.34. The number of nitrogens with one attached hydrogen (secondary N) is 2. The second kappa shape index (κ2) is 8.06. The molecule has 0 aromatic heterocycles. The lowest BCUT2D eigenvalue weighted by molar-refractivity contribution is -0.140. The standard InChI is InChI=1S/C10H20N2O4/c1-7(3-5-13)11-9(15)10(16)12-8(2)4-6-14/h7-8,13-14H,3-6H2,1-2H3,(H,11,15)(H,12,16). The Morgan fingerprint density at radius 1 is 0.938 bits per heavy atom. The Balaban J connectivity index is 3.94. The first-order chi connectivity index (χ1) is 7.51. The summed E-state index contributed by atoms with van der Waals surface area (Å²) in [4.78, 5) is 22.6. The third-order valence-corrected chi connectivity index (χ3v) is 2.09. The van der Waals surface area contributed by atoms with Crippen LogP contribution in [0, 0.1) is 0 Å². The fourth-order valence-corrected chi connectivity index (χ4v) is 1.11. The van der Waals surface area contributed by atoms with Crippen LogP contribution in [0.3, 0.4) is 0 Å². The SMILES string of the molecule is CC(CCO)NC(=O)C(=O)NC(C)CCO. The van der Waals surface area contributed by atoms with Crippen LogP contribution in [0.25, 0.3) is 0 Å². The van der Waals surface area contributed by atoms with Crippen molar-refractivity contribution in [1.29, 1.82) is 0 Å². The van der Waals surface area contributed by atoms with Gasteiger partial charge in [0.05, 0.1) is 0 Å². The van der Waals surface area contributed by atoms with Gasteiger partial charge in [0.1, 0.15) is 0 Å². The second-order valence-electron chi connectivity index (χ2n) is 3.77. The molecule has 0 rings (SSSR count). The summed E-state index contributed by atoms with van der Waals surface area (Å²) in [7, 11) is 0. The van der Waals surface area contributed by atoms with E-state index in [-0.39, 0.29) is 25.3 Å². The normalized spacial score (nSPS) is 14.0. The van der Waals surface area contributed by atoms with Gasteiger partial charge < -0.3 is 20.8 Å². The molecule has 0 spiro atoms. The number of carbonyl (C=O) groups is 2. The van der Waals surface area contributed by atoms with Gasteiger partial charge in [-0.2, -0.15) is 0 Å². The highest BCUT2D eigenvalue weighted by molar-refractivity contribution is 6.35. The van der Waals surface area contributed by atoms with Crippen LogP contribution in [0.15, 0.2) is 0 Å². The number of hydrogen-bond acceptors (Lipinski definition) is 4. The molecule has 2 amide bonds. The molecule has 6 heteroatoms. The Bertz CT molecular complexity index is 209. The number of hydrogen-bond donors (Lipinski definition) is 4. The van der Waals surface area contributed by atoms with Crippen LogP contribution in [0.5, 0.6) is 0 Å². The molecule has 0 saturated carbocycles. The lowest BCUT2D eigenvalue weighted by atomic mass is 10.2. The highest BCUT2D eigenvalue weighted by Crippen LogP contribution is 1.91. The smallest absolute Gasteiger partial charge is 0.309 e. The number of rotatable bonds is 6. The van der Waals surface area contributed by atoms with E-state index in [1.54, 1.807) is 13.8 Å². The van der Waals surface area contributed by atoms with E-state index in [4.69, 9.17) is 10.2 Å². The van der Waals surface area contributed by atoms with Crippen LogP contribution in [-0.2, 0) is 9.59 Å². The molecule has 0 aliphatic carbocycles. The van der Waals surface area contributed by atoms with E-state index < -0.39 is 11.8 Å². The minimum Gasteiger partial charge on any atom is -0.396 e. The van der Waals surface area contributed by atoms with Gasteiger partial charge in [0.25, 0.3) is 0 Å². The highest BCUT2D eigenvalue weighted by Gasteiger charge is 2.17. The van der Waals surface area contributed by atoms with E-state index in [2.05, 4.69) is 10.6 Å². The van der Waals surface area contributed by atoms with E-state index in [0.29, 0.717) is 12.8 Å². The lowest BCUT2D eigenvalue weighted by Gasteiger charge is -2.15. The molecule has 4 N–H and O–H groups in total. The maximum absolute atomic E-state index is 11.3.